The lowest BCUT2D eigenvalue weighted by molar-refractivity contribution is -0.0689. The lowest BCUT2D eigenvalue weighted by Gasteiger charge is -2.49. The molecule has 1 aromatic heterocycles. The van der Waals surface area contributed by atoms with Gasteiger partial charge in [-0.15, -0.1) is 0 Å². The van der Waals surface area contributed by atoms with Gasteiger partial charge < -0.3 is 10.4 Å². The minimum Gasteiger partial charge on any atom is -0.392 e. The van der Waals surface area contributed by atoms with Crippen LogP contribution in [0.15, 0.2) is 12.1 Å². The summed E-state index contributed by atoms with van der Waals surface area (Å²) < 4.78 is 0. The Hall–Kier alpha value is -1.13. The van der Waals surface area contributed by atoms with Crippen LogP contribution in [0.1, 0.15) is 36.3 Å². The number of hydrogen-bond donors (Lipinski definition) is 2. The highest BCUT2D eigenvalue weighted by molar-refractivity contribution is 6.29. The summed E-state index contributed by atoms with van der Waals surface area (Å²) in [5, 5.41) is 12.9. The van der Waals surface area contributed by atoms with E-state index in [0.29, 0.717) is 22.8 Å². The predicted octanol–water partition coefficient (Wildman–Crippen LogP) is 1.93. The minimum absolute atomic E-state index is 0.00718. The number of amides is 1. The third kappa shape index (κ3) is 2.35. The fourth-order valence-corrected chi connectivity index (χ4v) is 2.40. The van der Waals surface area contributed by atoms with Crippen LogP contribution >= 0.6 is 11.6 Å². The number of aryl methyl sites for hydroxylation is 1. The third-order valence-electron chi connectivity index (χ3n) is 3.71. The number of rotatable bonds is 2. The number of nitrogens with one attached hydrogen (secondary N) is 1. The van der Waals surface area contributed by atoms with Crippen molar-refractivity contribution in [1.29, 1.82) is 0 Å². The number of hydrogen-bond acceptors (Lipinski definition) is 3. The molecule has 1 aliphatic carbocycles. The van der Waals surface area contributed by atoms with Crippen LogP contribution in [0.2, 0.25) is 5.15 Å². The van der Waals surface area contributed by atoms with E-state index in [0.717, 1.165) is 0 Å². The van der Waals surface area contributed by atoms with Gasteiger partial charge in [-0.1, -0.05) is 25.4 Å². The van der Waals surface area contributed by atoms with Crippen LogP contribution in [0, 0.1) is 12.3 Å². The molecule has 1 aliphatic rings. The van der Waals surface area contributed by atoms with Gasteiger partial charge in [0.15, 0.2) is 0 Å². The second-order valence-electron chi connectivity index (χ2n) is 5.42. The van der Waals surface area contributed by atoms with Crippen molar-refractivity contribution in [3.05, 3.63) is 28.5 Å². The summed E-state index contributed by atoms with van der Waals surface area (Å²) >= 11 is 5.83. The second-order valence-corrected chi connectivity index (χ2v) is 5.81. The van der Waals surface area contributed by atoms with Gasteiger partial charge in [-0.3, -0.25) is 4.79 Å². The predicted molar refractivity (Wildman–Crippen MR) is 69.6 cm³/mol. The first kappa shape index (κ1) is 13.3. The van der Waals surface area contributed by atoms with Gasteiger partial charge in [-0.05, 0) is 25.5 Å². The van der Waals surface area contributed by atoms with Crippen LogP contribution < -0.4 is 5.32 Å². The van der Waals surface area contributed by atoms with Crippen LogP contribution in [0.5, 0.6) is 0 Å². The summed E-state index contributed by atoms with van der Waals surface area (Å²) in [5.74, 6) is -0.174. The Morgan fingerprint density at radius 3 is 2.72 bits per heavy atom. The van der Waals surface area contributed by atoms with Gasteiger partial charge >= 0.3 is 0 Å². The van der Waals surface area contributed by atoms with Gasteiger partial charge in [0.2, 0.25) is 0 Å². The van der Waals surface area contributed by atoms with Crippen molar-refractivity contribution in [2.75, 3.05) is 0 Å². The number of carbonyl (C=O) groups excluding carboxylic acids is 1. The van der Waals surface area contributed by atoms with Crippen molar-refractivity contribution in [3.63, 3.8) is 0 Å². The highest BCUT2D eigenvalue weighted by Gasteiger charge is 2.47. The average molecular weight is 269 g/mol. The molecule has 0 bridgehead atoms. The molecule has 1 saturated carbocycles. The van der Waals surface area contributed by atoms with Crippen molar-refractivity contribution in [3.8, 4) is 0 Å². The molecule has 0 aromatic carbocycles. The molecule has 0 spiro atoms. The molecule has 0 saturated heterocycles. The molecule has 5 heteroatoms. The smallest absolute Gasteiger partial charge is 0.251 e. The Morgan fingerprint density at radius 2 is 2.22 bits per heavy atom. The van der Waals surface area contributed by atoms with Gasteiger partial charge in [-0.2, -0.15) is 0 Å². The van der Waals surface area contributed by atoms with Crippen molar-refractivity contribution >= 4 is 17.5 Å². The monoisotopic (exact) mass is 268 g/mol. The maximum absolute atomic E-state index is 12.1. The molecule has 2 unspecified atom stereocenters. The van der Waals surface area contributed by atoms with E-state index in [4.69, 9.17) is 11.6 Å². The number of aliphatic hydroxyl groups is 1. The summed E-state index contributed by atoms with van der Waals surface area (Å²) in [5.41, 5.74) is 0.937. The van der Waals surface area contributed by atoms with Crippen molar-refractivity contribution in [2.24, 2.45) is 5.41 Å². The Morgan fingerprint density at radius 1 is 1.56 bits per heavy atom. The third-order valence-corrected chi connectivity index (χ3v) is 3.90. The summed E-state index contributed by atoms with van der Waals surface area (Å²) in [7, 11) is 0. The molecule has 2 N–H and O–H groups in total. The lowest BCUT2D eigenvalue weighted by atomic mass is 9.64. The van der Waals surface area contributed by atoms with Gasteiger partial charge in [0, 0.05) is 22.7 Å². The maximum atomic E-state index is 12.1. The number of carbonyl (C=O) groups is 1. The molecular weight excluding hydrogens is 252 g/mol. The summed E-state index contributed by atoms with van der Waals surface area (Å²) in [6, 6.07) is 3.24. The summed E-state index contributed by atoms with van der Waals surface area (Å²) in [6.45, 7) is 5.67. The van der Waals surface area contributed by atoms with Crippen molar-refractivity contribution in [2.45, 2.75) is 39.3 Å². The molecular formula is C13H17ClN2O2. The van der Waals surface area contributed by atoms with E-state index in [1.54, 1.807) is 19.1 Å². The normalized spacial score (nSPS) is 25.4. The van der Waals surface area contributed by atoms with Crippen LogP contribution in [0.4, 0.5) is 0 Å². The summed E-state index contributed by atoms with van der Waals surface area (Å²) in [4.78, 5) is 16.1. The molecule has 98 valence electrons. The number of aromatic nitrogens is 1. The van der Waals surface area contributed by atoms with Crippen LogP contribution in [0.25, 0.3) is 0 Å². The minimum atomic E-state index is -0.356. The molecule has 18 heavy (non-hydrogen) atoms. The van der Waals surface area contributed by atoms with E-state index in [9.17, 15) is 9.90 Å². The van der Waals surface area contributed by atoms with Crippen LogP contribution in [0.3, 0.4) is 0 Å². The van der Waals surface area contributed by atoms with Crippen molar-refractivity contribution in [1.82, 2.24) is 10.3 Å². The molecule has 2 atom stereocenters. The zero-order chi connectivity index (χ0) is 13.5. The van der Waals surface area contributed by atoms with Gasteiger partial charge in [-0.25, -0.2) is 4.98 Å². The average Bonchev–Trinajstić information content (AvgIpc) is 2.27. The van der Waals surface area contributed by atoms with E-state index in [2.05, 4.69) is 10.3 Å². The van der Waals surface area contributed by atoms with Crippen LogP contribution in [-0.4, -0.2) is 28.1 Å². The zero-order valence-corrected chi connectivity index (χ0v) is 11.5. The molecule has 0 radical (unpaired) electrons. The molecule has 4 nitrogen and oxygen atoms in total. The number of pyridine rings is 1. The van der Waals surface area contributed by atoms with E-state index in [1.165, 1.54) is 0 Å². The fourth-order valence-electron chi connectivity index (χ4n) is 2.15. The number of aliphatic hydroxyl groups excluding tert-OH is 1. The molecule has 1 amide bonds. The standard InChI is InChI=1S/C13H17ClN2O2/c1-7-4-8(5-11(14)15-7)12(18)16-9-6-10(17)13(9,2)3/h4-5,9-10,17H,6H2,1-3H3,(H,16,18). The molecule has 1 aromatic rings. The van der Waals surface area contributed by atoms with E-state index in [1.807, 2.05) is 13.8 Å². The SMILES string of the molecule is Cc1cc(C(=O)NC2CC(O)C2(C)C)cc(Cl)n1. The quantitative estimate of drug-likeness (QED) is 0.806. The Kier molecular flexibility index (Phi) is 3.34. The maximum Gasteiger partial charge on any atom is 0.251 e. The first-order chi connectivity index (χ1) is 8.30. The first-order valence-electron chi connectivity index (χ1n) is 5.94. The Balaban J connectivity index is 2.09. The van der Waals surface area contributed by atoms with E-state index >= 15 is 0 Å². The molecule has 1 heterocycles. The van der Waals surface area contributed by atoms with Gasteiger partial charge in [0.05, 0.1) is 6.10 Å². The zero-order valence-electron chi connectivity index (χ0n) is 10.7. The highest BCUT2D eigenvalue weighted by atomic mass is 35.5. The number of halogens is 1. The van der Waals surface area contributed by atoms with Gasteiger partial charge in [0.1, 0.15) is 5.15 Å². The largest absolute Gasteiger partial charge is 0.392 e. The lowest BCUT2D eigenvalue weighted by Crippen LogP contribution is -2.61. The fraction of sp³-hybridized carbons (Fsp3) is 0.538. The first-order valence-corrected chi connectivity index (χ1v) is 6.31. The summed E-state index contributed by atoms with van der Waals surface area (Å²) in [6.07, 6.45) is 0.238. The highest BCUT2D eigenvalue weighted by Crippen LogP contribution is 2.40. The molecule has 1 fully saturated rings. The Bertz CT molecular complexity index is 468. The van der Waals surface area contributed by atoms with E-state index in [-0.39, 0.29) is 23.5 Å². The number of nitrogens with zero attached hydrogens (tertiary/aromatic N) is 1. The van der Waals surface area contributed by atoms with Crippen molar-refractivity contribution < 1.29 is 9.90 Å². The second kappa shape index (κ2) is 4.52. The molecule has 2 rings (SSSR count). The topological polar surface area (TPSA) is 62.2 Å². The van der Waals surface area contributed by atoms with Crippen LogP contribution in [-0.2, 0) is 0 Å². The van der Waals surface area contributed by atoms with E-state index < -0.39 is 0 Å². The Labute approximate surface area is 111 Å². The molecule has 0 aliphatic heterocycles. The van der Waals surface area contributed by atoms with Gasteiger partial charge in [0.25, 0.3) is 5.91 Å².